The third kappa shape index (κ3) is 1.67. The molecule has 4 unspecified atom stereocenters. The Morgan fingerprint density at radius 1 is 0.944 bits per heavy atom. The van der Waals surface area contributed by atoms with Gasteiger partial charge in [0.05, 0.1) is 5.60 Å². The monoisotopic (exact) mass is 250 g/mol. The highest BCUT2D eigenvalue weighted by Gasteiger charge is 2.54. The van der Waals surface area contributed by atoms with Crippen molar-refractivity contribution in [2.45, 2.75) is 62.6 Å². The van der Waals surface area contributed by atoms with E-state index >= 15 is 0 Å². The van der Waals surface area contributed by atoms with Gasteiger partial charge < -0.3 is 5.11 Å². The van der Waals surface area contributed by atoms with Gasteiger partial charge in [0.25, 0.3) is 0 Å². The van der Waals surface area contributed by atoms with Crippen molar-refractivity contribution < 1.29 is 5.11 Å². The SMILES string of the molecule is OC12CC(CN3CCCCC31)C1CCCCN1C2. The van der Waals surface area contributed by atoms with Crippen LogP contribution in [0.15, 0.2) is 0 Å². The standard InChI is InChI=1S/C15H26N2O/c18-15-9-12(10-16-7-4-2-6-14(15)16)13-5-1-3-8-17(13)11-15/h12-14,18H,1-11H2. The van der Waals surface area contributed by atoms with Gasteiger partial charge in [-0.25, -0.2) is 0 Å². The lowest BCUT2D eigenvalue weighted by atomic mass is 9.68. The van der Waals surface area contributed by atoms with E-state index in [4.69, 9.17) is 0 Å². The fraction of sp³-hybridized carbons (Fsp3) is 1.00. The summed E-state index contributed by atoms with van der Waals surface area (Å²) in [6.07, 6.45) is 9.08. The summed E-state index contributed by atoms with van der Waals surface area (Å²) in [7, 11) is 0. The lowest BCUT2D eigenvalue weighted by Gasteiger charge is -2.60. The minimum absolute atomic E-state index is 0.392. The Morgan fingerprint density at radius 3 is 2.61 bits per heavy atom. The predicted molar refractivity (Wildman–Crippen MR) is 71.5 cm³/mol. The van der Waals surface area contributed by atoms with Crippen LogP contribution in [0, 0.1) is 5.92 Å². The molecule has 4 heterocycles. The average molecular weight is 250 g/mol. The van der Waals surface area contributed by atoms with Crippen molar-refractivity contribution in [3.8, 4) is 0 Å². The molecule has 0 aromatic heterocycles. The molecule has 0 aromatic carbocycles. The van der Waals surface area contributed by atoms with E-state index in [1.165, 1.54) is 58.2 Å². The smallest absolute Gasteiger partial charge is 0.0932 e. The lowest BCUT2D eigenvalue weighted by Crippen LogP contribution is -2.71. The molecule has 2 bridgehead atoms. The Kier molecular flexibility index (Phi) is 2.72. The van der Waals surface area contributed by atoms with Gasteiger partial charge in [-0.1, -0.05) is 12.8 Å². The average Bonchev–Trinajstić information content (AvgIpc) is 2.38. The summed E-state index contributed by atoms with van der Waals surface area (Å²) >= 11 is 0. The maximum absolute atomic E-state index is 11.2. The fourth-order valence-electron chi connectivity index (χ4n) is 5.30. The zero-order chi connectivity index (χ0) is 12.2. The highest BCUT2D eigenvalue weighted by atomic mass is 16.3. The number of rotatable bonds is 0. The minimum Gasteiger partial charge on any atom is -0.387 e. The van der Waals surface area contributed by atoms with E-state index in [0.29, 0.717) is 6.04 Å². The molecule has 3 nitrogen and oxygen atoms in total. The summed E-state index contributed by atoms with van der Waals surface area (Å²) in [5.41, 5.74) is -0.392. The Labute approximate surface area is 110 Å². The molecular formula is C15H26N2O. The van der Waals surface area contributed by atoms with Crippen molar-refractivity contribution in [3.05, 3.63) is 0 Å². The van der Waals surface area contributed by atoms with Crippen LogP contribution in [0.5, 0.6) is 0 Å². The molecule has 4 atom stereocenters. The van der Waals surface area contributed by atoms with Gasteiger partial charge >= 0.3 is 0 Å². The Morgan fingerprint density at radius 2 is 1.72 bits per heavy atom. The van der Waals surface area contributed by atoms with Crippen molar-refractivity contribution in [1.29, 1.82) is 0 Å². The number of hydrogen-bond acceptors (Lipinski definition) is 3. The maximum Gasteiger partial charge on any atom is 0.0932 e. The molecular weight excluding hydrogens is 224 g/mol. The van der Waals surface area contributed by atoms with Crippen LogP contribution < -0.4 is 0 Å². The van der Waals surface area contributed by atoms with Crippen molar-refractivity contribution >= 4 is 0 Å². The zero-order valence-corrected chi connectivity index (χ0v) is 11.4. The second-order valence-corrected chi connectivity index (χ2v) is 7.11. The van der Waals surface area contributed by atoms with E-state index in [-0.39, 0.29) is 0 Å². The molecule has 0 aromatic rings. The molecule has 0 spiro atoms. The summed E-state index contributed by atoms with van der Waals surface area (Å²) < 4.78 is 0. The third-order valence-corrected chi connectivity index (χ3v) is 6.00. The van der Waals surface area contributed by atoms with Gasteiger partial charge in [-0.2, -0.15) is 0 Å². The van der Waals surface area contributed by atoms with Crippen LogP contribution >= 0.6 is 0 Å². The first-order valence-corrected chi connectivity index (χ1v) is 7.97. The largest absolute Gasteiger partial charge is 0.387 e. The van der Waals surface area contributed by atoms with Gasteiger partial charge in [-0.05, 0) is 51.1 Å². The van der Waals surface area contributed by atoms with Crippen LogP contribution in [-0.2, 0) is 0 Å². The molecule has 4 saturated heterocycles. The highest BCUT2D eigenvalue weighted by Crippen LogP contribution is 2.44. The van der Waals surface area contributed by atoms with Gasteiger partial charge in [0.1, 0.15) is 0 Å². The molecule has 4 aliphatic heterocycles. The zero-order valence-electron chi connectivity index (χ0n) is 11.4. The van der Waals surface area contributed by atoms with E-state index in [1.54, 1.807) is 0 Å². The number of hydrogen-bond donors (Lipinski definition) is 1. The van der Waals surface area contributed by atoms with Gasteiger partial charge in [0.2, 0.25) is 0 Å². The predicted octanol–water partition coefficient (Wildman–Crippen LogP) is 1.46. The first-order chi connectivity index (χ1) is 8.76. The van der Waals surface area contributed by atoms with E-state index in [9.17, 15) is 5.11 Å². The van der Waals surface area contributed by atoms with Crippen molar-refractivity contribution in [3.63, 3.8) is 0 Å². The summed E-state index contributed by atoms with van der Waals surface area (Å²) in [6, 6.07) is 1.24. The Hall–Kier alpha value is -0.120. The van der Waals surface area contributed by atoms with Crippen LogP contribution in [-0.4, -0.2) is 58.8 Å². The topological polar surface area (TPSA) is 26.7 Å². The van der Waals surface area contributed by atoms with Crippen molar-refractivity contribution in [1.82, 2.24) is 9.80 Å². The second-order valence-electron chi connectivity index (χ2n) is 7.11. The first kappa shape index (κ1) is 11.7. The second kappa shape index (κ2) is 4.19. The van der Waals surface area contributed by atoms with Crippen LogP contribution in [0.3, 0.4) is 0 Å². The van der Waals surface area contributed by atoms with E-state index < -0.39 is 5.60 Å². The number of aliphatic hydroxyl groups is 1. The van der Waals surface area contributed by atoms with Crippen LogP contribution in [0.4, 0.5) is 0 Å². The molecule has 3 heteroatoms. The van der Waals surface area contributed by atoms with E-state index in [2.05, 4.69) is 9.80 Å². The molecule has 4 aliphatic rings. The summed E-state index contributed by atoms with van der Waals surface area (Å²) in [5.74, 6) is 0.735. The van der Waals surface area contributed by atoms with Crippen LogP contribution in [0.1, 0.15) is 44.9 Å². The summed E-state index contributed by atoms with van der Waals surface area (Å²) in [6.45, 7) is 4.68. The van der Waals surface area contributed by atoms with Crippen molar-refractivity contribution in [2.24, 2.45) is 5.92 Å². The quantitative estimate of drug-likeness (QED) is 0.705. The van der Waals surface area contributed by atoms with E-state index in [1.807, 2.05) is 0 Å². The van der Waals surface area contributed by atoms with Crippen molar-refractivity contribution in [2.75, 3.05) is 26.2 Å². The Balaban J connectivity index is 1.63. The Bertz CT molecular complexity index is 332. The number of piperidine rings is 4. The van der Waals surface area contributed by atoms with Crippen LogP contribution in [0.2, 0.25) is 0 Å². The molecule has 0 amide bonds. The molecule has 0 saturated carbocycles. The number of fused-ring (bicyclic) bond motifs is 6. The molecule has 4 rings (SSSR count). The van der Waals surface area contributed by atoms with E-state index in [0.717, 1.165) is 24.9 Å². The lowest BCUT2D eigenvalue weighted by molar-refractivity contribution is -0.176. The summed E-state index contributed by atoms with van der Waals surface area (Å²) in [4.78, 5) is 5.26. The minimum atomic E-state index is -0.392. The number of nitrogens with zero attached hydrogens (tertiary/aromatic N) is 2. The third-order valence-electron chi connectivity index (χ3n) is 6.00. The highest BCUT2D eigenvalue weighted by molar-refractivity contribution is 5.09. The summed E-state index contributed by atoms with van der Waals surface area (Å²) in [5, 5.41) is 11.2. The molecule has 102 valence electrons. The van der Waals surface area contributed by atoms with Crippen LogP contribution in [0.25, 0.3) is 0 Å². The molecule has 0 aliphatic carbocycles. The van der Waals surface area contributed by atoms with Gasteiger partial charge in [0, 0.05) is 25.2 Å². The van der Waals surface area contributed by atoms with Gasteiger partial charge in [-0.3, -0.25) is 9.80 Å². The molecule has 0 radical (unpaired) electrons. The van der Waals surface area contributed by atoms with Gasteiger partial charge in [0.15, 0.2) is 0 Å². The molecule has 1 N–H and O–H groups in total. The molecule has 18 heavy (non-hydrogen) atoms. The molecule has 4 fully saturated rings. The van der Waals surface area contributed by atoms with Gasteiger partial charge in [-0.15, -0.1) is 0 Å². The first-order valence-electron chi connectivity index (χ1n) is 7.97. The fourth-order valence-corrected chi connectivity index (χ4v) is 5.30. The normalized spacial score (nSPS) is 49.5. The maximum atomic E-state index is 11.2.